The lowest BCUT2D eigenvalue weighted by molar-refractivity contribution is 0.279. The second-order valence-corrected chi connectivity index (χ2v) is 18.0. The molecule has 0 bridgehead atoms. The number of aromatic nitrogens is 1. The molecule has 0 spiro atoms. The lowest BCUT2D eigenvalue weighted by atomic mass is 9.67. The fourth-order valence-electron chi connectivity index (χ4n) is 9.95. The lowest BCUT2D eigenvalue weighted by Gasteiger charge is -2.48. The van der Waals surface area contributed by atoms with Crippen molar-refractivity contribution in [1.82, 2.24) is 4.98 Å². The van der Waals surface area contributed by atoms with E-state index in [2.05, 4.69) is 218 Å². The molecule has 60 heavy (non-hydrogen) atoms. The number of para-hydroxylation sites is 2. The molecule has 300 valence electrons. The van der Waals surface area contributed by atoms with Gasteiger partial charge in [-0.25, -0.2) is 4.98 Å². The zero-order valence-electron chi connectivity index (χ0n) is 36.3. The zero-order chi connectivity index (χ0) is 42.0. The lowest BCUT2D eigenvalue weighted by Crippen LogP contribution is -2.57. The molecule has 2 aliphatic heterocycles. The van der Waals surface area contributed by atoms with Crippen molar-refractivity contribution in [3.63, 3.8) is 0 Å². The van der Waals surface area contributed by atoms with E-state index < -0.39 is 11.1 Å². The van der Waals surface area contributed by atoms with Crippen LogP contribution in [0.1, 0.15) is 90.6 Å². The predicted molar refractivity (Wildman–Crippen MR) is 249 cm³/mol. The zero-order valence-corrected chi connectivity index (χ0v) is 36.3. The van der Waals surface area contributed by atoms with E-state index in [0.717, 1.165) is 51.2 Å². The molecule has 9 rings (SSSR count). The molecule has 0 saturated heterocycles. The average molecular weight is 787 g/mol. The van der Waals surface area contributed by atoms with Crippen LogP contribution in [0.3, 0.4) is 0 Å². The Morgan fingerprint density at radius 2 is 1.15 bits per heavy atom. The summed E-state index contributed by atoms with van der Waals surface area (Å²) in [4.78, 5) is 15.7. The van der Waals surface area contributed by atoms with Crippen LogP contribution in [0.5, 0.6) is 11.5 Å². The van der Waals surface area contributed by atoms with Crippen molar-refractivity contribution in [2.45, 2.75) is 84.7 Å². The highest BCUT2D eigenvalue weighted by Crippen LogP contribution is 2.54. The number of hydrogen-bond donors (Lipinski definition) is 0. The van der Waals surface area contributed by atoms with E-state index in [-0.39, 0.29) is 11.3 Å². The molecule has 0 N–H and O–H groups in total. The molecule has 0 radical (unpaired) electrons. The van der Waals surface area contributed by atoms with Crippen LogP contribution in [-0.2, 0) is 5.41 Å². The molecule has 6 aromatic carbocycles. The van der Waals surface area contributed by atoms with Crippen LogP contribution in [-0.4, -0.2) is 21.9 Å². The van der Waals surface area contributed by atoms with Crippen LogP contribution in [0, 0.1) is 27.7 Å². The monoisotopic (exact) mass is 786 g/mol. The van der Waals surface area contributed by atoms with Gasteiger partial charge in [0.1, 0.15) is 23.2 Å². The topological polar surface area (TPSA) is 41.0 Å². The minimum atomic E-state index is -0.584. The summed E-state index contributed by atoms with van der Waals surface area (Å²) in [6, 6.07) is 54.3. The van der Waals surface area contributed by atoms with Crippen LogP contribution in [0.15, 0.2) is 163 Å². The van der Waals surface area contributed by atoms with Crippen LogP contribution in [0.25, 0.3) is 0 Å². The first-order valence-electron chi connectivity index (χ1n) is 21.1. The molecule has 3 heterocycles. The summed E-state index contributed by atoms with van der Waals surface area (Å²) in [5, 5.41) is 0. The smallest absolute Gasteiger partial charge is 0.141 e. The molecule has 5 heteroatoms. The number of amidine groups is 1. The molecule has 0 saturated carbocycles. The second kappa shape index (κ2) is 14.7. The number of aryl methyl sites for hydroxylation is 4. The molecule has 7 aromatic rings. The quantitative estimate of drug-likeness (QED) is 0.154. The average Bonchev–Trinajstić information content (AvgIpc) is 3.43. The van der Waals surface area contributed by atoms with Crippen molar-refractivity contribution < 1.29 is 4.74 Å². The highest BCUT2D eigenvalue weighted by atomic mass is 16.5. The molecular formula is C55H54N4O. The Bertz CT molecular complexity index is 2660. The summed E-state index contributed by atoms with van der Waals surface area (Å²) in [5.74, 6) is 3.38. The van der Waals surface area contributed by atoms with Crippen molar-refractivity contribution in [1.29, 1.82) is 0 Å². The van der Waals surface area contributed by atoms with Gasteiger partial charge < -0.3 is 9.64 Å². The highest BCUT2D eigenvalue weighted by Gasteiger charge is 2.57. The number of benzene rings is 6. The number of ether oxygens (including phenoxy) is 1. The normalized spacial score (nSPS) is 17.6. The highest BCUT2D eigenvalue weighted by molar-refractivity contribution is 6.14. The molecule has 1 atom stereocenters. The molecule has 2 aliphatic rings. The largest absolute Gasteiger partial charge is 0.457 e. The summed E-state index contributed by atoms with van der Waals surface area (Å²) < 4.78 is 6.95. The van der Waals surface area contributed by atoms with E-state index in [1.165, 1.54) is 39.1 Å². The Balaban J connectivity index is 1.18. The van der Waals surface area contributed by atoms with Crippen LogP contribution < -0.4 is 14.5 Å². The van der Waals surface area contributed by atoms with Gasteiger partial charge in [-0.3, -0.25) is 9.89 Å². The Morgan fingerprint density at radius 3 is 1.82 bits per heavy atom. The summed E-state index contributed by atoms with van der Waals surface area (Å²) in [5.41, 5.74) is 12.7. The van der Waals surface area contributed by atoms with E-state index >= 15 is 0 Å². The van der Waals surface area contributed by atoms with Gasteiger partial charge in [0.25, 0.3) is 0 Å². The van der Waals surface area contributed by atoms with Crippen molar-refractivity contribution in [2.75, 3.05) is 9.80 Å². The molecule has 1 aromatic heterocycles. The number of anilines is 4. The van der Waals surface area contributed by atoms with E-state index in [4.69, 9.17) is 14.7 Å². The van der Waals surface area contributed by atoms with Crippen molar-refractivity contribution >= 4 is 28.7 Å². The Morgan fingerprint density at radius 1 is 0.567 bits per heavy atom. The number of rotatable bonds is 8. The van der Waals surface area contributed by atoms with Crippen LogP contribution in [0.2, 0.25) is 0 Å². The fourth-order valence-corrected chi connectivity index (χ4v) is 9.95. The minimum absolute atomic E-state index is 0.0180. The summed E-state index contributed by atoms with van der Waals surface area (Å²) >= 11 is 0. The maximum absolute atomic E-state index is 6.95. The molecule has 0 amide bonds. The number of aliphatic imine (C=N–C) groups is 1. The van der Waals surface area contributed by atoms with E-state index in [1.807, 2.05) is 12.3 Å². The van der Waals surface area contributed by atoms with E-state index in [0.29, 0.717) is 0 Å². The standard InChI is InChI=1S/C55H54N4O/c1-36-30-42(34-44(32-36)60-45-33-37(2)31-43(35-45)58-48-28-17-16-26-46(48)53(5,6)47-27-19-29-56-52(47)58)51-57-55(9,54(7,8)59(51)50-38(3)20-18-21-39(50)4)49(40-22-12-10-13-23-40)41-24-14-11-15-25-41/h10-35,49H,1-9H3/t55-/m1/s1. The summed E-state index contributed by atoms with van der Waals surface area (Å²) in [6.07, 6.45) is 1.89. The van der Waals surface area contributed by atoms with Crippen LogP contribution in [0.4, 0.5) is 22.9 Å². The Kier molecular flexibility index (Phi) is 9.54. The third kappa shape index (κ3) is 6.39. The van der Waals surface area contributed by atoms with Gasteiger partial charge in [-0.15, -0.1) is 0 Å². The maximum atomic E-state index is 6.95. The Hall–Kier alpha value is -6.46. The summed E-state index contributed by atoms with van der Waals surface area (Å²) in [6.45, 7) is 20.4. The maximum Gasteiger partial charge on any atom is 0.141 e. The number of nitrogens with zero attached hydrogens (tertiary/aromatic N) is 4. The Labute approximate surface area is 356 Å². The fraction of sp³-hybridized carbons (Fsp3) is 0.236. The first-order chi connectivity index (χ1) is 28.8. The molecule has 0 fully saturated rings. The molecule has 0 aliphatic carbocycles. The van der Waals surface area contributed by atoms with Gasteiger partial charge in [-0.05, 0) is 130 Å². The third-order valence-corrected chi connectivity index (χ3v) is 13.2. The second-order valence-electron chi connectivity index (χ2n) is 18.0. The minimum Gasteiger partial charge on any atom is -0.457 e. The number of hydrogen-bond acceptors (Lipinski definition) is 5. The first kappa shape index (κ1) is 39.0. The van der Waals surface area contributed by atoms with Gasteiger partial charge in [0.15, 0.2) is 0 Å². The van der Waals surface area contributed by atoms with Gasteiger partial charge in [0.2, 0.25) is 0 Å². The molecule has 0 unspecified atom stereocenters. The number of pyridine rings is 1. The first-order valence-corrected chi connectivity index (χ1v) is 21.1. The van der Waals surface area contributed by atoms with E-state index in [9.17, 15) is 0 Å². The van der Waals surface area contributed by atoms with Crippen molar-refractivity contribution in [3.05, 3.63) is 208 Å². The van der Waals surface area contributed by atoms with E-state index in [1.54, 1.807) is 0 Å². The van der Waals surface area contributed by atoms with Gasteiger partial charge in [-0.2, -0.15) is 0 Å². The van der Waals surface area contributed by atoms with Gasteiger partial charge in [0, 0.05) is 40.4 Å². The van der Waals surface area contributed by atoms with Crippen molar-refractivity contribution in [2.24, 2.45) is 4.99 Å². The SMILES string of the molecule is Cc1cc(Oc2cc(C)cc(N3c4ccccc4C(C)(C)c4cccnc43)c2)cc(C2=N[C@](C)(C(c3ccccc3)c3ccccc3)C(C)(C)N2c2c(C)cccc2C)c1. The third-order valence-electron chi connectivity index (χ3n) is 13.2. The predicted octanol–water partition coefficient (Wildman–Crippen LogP) is 13.9. The molecule has 5 nitrogen and oxygen atoms in total. The molecular weight excluding hydrogens is 733 g/mol. The number of fused-ring (bicyclic) bond motifs is 2. The van der Waals surface area contributed by atoms with Gasteiger partial charge >= 0.3 is 0 Å². The van der Waals surface area contributed by atoms with Crippen LogP contribution >= 0.6 is 0 Å². The van der Waals surface area contributed by atoms with Gasteiger partial charge in [-0.1, -0.05) is 117 Å². The van der Waals surface area contributed by atoms with Gasteiger partial charge in [0.05, 0.1) is 22.5 Å². The summed E-state index contributed by atoms with van der Waals surface area (Å²) in [7, 11) is 0. The van der Waals surface area contributed by atoms with Crippen molar-refractivity contribution in [3.8, 4) is 11.5 Å².